The third-order valence-corrected chi connectivity index (χ3v) is 4.15. The largest absolute Gasteiger partial charge is 0.392 e. The summed E-state index contributed by atoms with van der Waals surface area (Å²) < 4.78 is 5.34. The molecule has 2 aromatic rings. The normalized spacial score (nSPS) is 11.8. The molecule has 5 heteroatoms. The van der Waals surface area contributed by atoms with E-state index in [0.717, 1.165) is 20.6 Å². The van der Waals surface area contributed by atoms with E-state index in [2.05, 4.69) is 30.1 Å². The van der Waals surface area contributed by atoms with E-state index < -0.39 is 0 Å². The van der Waals surface area contributed by atoms with Crippen LogP contribution in [0.15, 0.2) is 33.5 Å². The molecule has 0 saturated carbocycles. The SMILES string of the molecule is CC(C)(C)c1nsc(Sc2ccc(CO)cc2)n1. The zero-order valence-electron chi connectivity index (χ0n) is 10.7. The lowest BCUT2D eigenvalue weighted by molar-refractivity contribution is 0.282. The molecule has 18 heavy (non-hydrogen) atoms. The smallest absolute Gasteiger partial charge is 0.174 e. The molecule has 0 aliphatic heterocycles. The molecule has 0 aliphatic carbocycles. The van der Waals surface area contributed by atoms with Crippen molar-refractivity contribution in [2.45, 2.75) is 42.0 Å². The Bertz CT molecular complexity index is 515. The van der Waals surface area contributed by atoms with Gasteiger partial charge in [0.15, 0.2) is 4.34 Å². The number of benzene rings is 1. The number of rotatable bonds is 3. The van der Waals surface area contributed by atoms with Gasteiger partial charge in [-0.2, -0.15) is 4.37 Å². The Morgan fingerprint density at radius 1 is 1.22 bits per heavy atom. The molecule has 1 heterocycles. The molecule has 0 fully saturated rings. The summed E-state index contributed by atoms with van der Waals surface area (Å²) in [6, 6.07) is 7.84. The van der Waals surface area contributed by atoms with Gasteiger partial charge in [0.05, 0.1) is 6.61 Å². The Kier molecular flexibility index (Phi) is 4.04. The molecule has 0 aliphatic rings. The van der Waals surface area contributed by atoms with Crippen molar-refractivity contribution >= 4 is 23.3 Å². The molecular formula is C13H16N2OS2. The number of hydrogen-bond donors (Lipinski definition) is 1. The Morgan fingerprint density at radius 2 is 1.89 bits per heavy atom. The number of nitrogens with zero attached hydrogens (tertiary/aromatic N) is 2. The van der Waals surface area contributed by atoms with Crippen LogP contribution < -0.4 is 0 Å². The van der Waals surface area contributed by atoms with E-state index in [1.165, 1.54) is 11.5 Å². The predicted octanol–water partition coefficient (Wildman–Crippen LogP) is 3.48. The monoisotopic (exact) mass is 280 g/mol. The van der Waals surface area contributed by atoms with Gasteiger partial charge in [0, 0.05) is 10.3 Å². The topological polar surface area (TPSA) is 46.0 Å². The maximum Gasteiger partial charge on any atom is 0.174 e. The summed E-state index contributed by atoms with van der Waals surface area (Å²) in [5, 5.41) is 8.98. The van der Waals surface area contributed by atoms with Crippen molar-refractivity contribution in [1.82, 2.24) is 9.36 Å². The van der Waals surface area contributed by atoms with Crippen molar-refractivity contribution in [2.24, 2.45) is 0 Å². The Labute approximate surface area is 115 Å². The van der Waals surface area contributed by atoms with Crippen LogP contribution in [0.1, 0.15) is 32.2 Å². The van der Waals surface area contributed by atoms with Crippen molar-refractivity contribution in [1.29, 1.82) is 0 Å². The first-order valence-electron chi connectivity index (χ1n) is 5.71. The molecule has 3 nitrogen and oxygen atoms in total. The summed E-state index contributed by atoms with van der Waals surface area (Å²) in [6.07, 6.45) is 0. The van der Waals surface area contributed by atoms with E-state index >= 15 is 0 Å². The summed E-state index contributed by atoms with van der Waals surface area (Å²) in [7, 11) is 0. The molecule has 0 saturated heterocycles. The first kappa shape index (κ1) is 13.5. The first-order valence-corrected chi connectivity index (χ1v) is 7.30. The molecule has 1 aromatic heterocycles. The molecule has 0 radical (unpaired) electrons. The third-order valence-electron chi connectivity index (χ3n) is 2.39. The highest BCUT2D eigenvalue weighted by Crippen LogP contribution is 2.31. The fraction of sp³-hybridized carbons (Fsp3) is 0.385. The Balaban J connectivity index is 2.11. The lowest BCUT2D eigenvalue weighted by atomic mass is 9.96. The van der Waals surface area contributed by atoms with Crippen LogP contribution in [0.2, 0.25) is 0 Å². The fourth-order valence-corrected chi connectivity index (χ4v) is 3.08. The summed E-state index contributed by atoms with van der Waals surface area (Å²) in [5.74, 6) is 0.891. The highest BCUT2D eigenvalue weighted by molar-refractivity contribution is 8.01. The summed E-state index contributed by atoms with van der Waals surface area (Å²) in [5.41, 5.74) is 0.919. The molecule has 0 bridgehead atoms. The zero-order valence-corrected chi connectivity index (χ0v) is 12.3. The van der Waals surface area contributed by atoms with Gasteiger partial charge in [0.1, 0.15) is 5.82 Å². The minimum Gasteiger partial charge on any atom is -0.392 e. The van der Waals surface area contributed by atoms with Gasteiger partial charge < -0.3 is 5.11 Å². The number of aliphatic hydroxyl groups excluding tert-OH is 1. The summed E-state index contributed by atoms with van der Waals surface area (Å²) in [4.78, 5) is 5.66. The fourth-order valence-electron chi connectivity index (χ4n) is 1.32. The standard InChI is InChI=1S/C13H16N2OS2/c1-13(2,3)11-14-12(18-15-11)17-10-6-4-9(8-16)5-7-10/h4-7,16H,8H2,1-3H3. The van der Waals surface area contributed by atoms with Crippen LogP contribution in [-0.4, -0.2) is 14.5 Å². The van der Waals surface area contributed by atoms with Crippen molar-refractivity contribution in [3.8, 4) is 0 Å². The minimum atomic E-state index is -0.00391. The van der Waals surface area contributed by atoms with Crippen LogP contribution in [0.3, 0.4) is 0 Å². The molecule has 0 amide bonds. The number of aromatic nitrogens is 2. The van der Waals surface area contributed by atoms with E-state index in [1.54, 1.807) is 11.8 Å². The van der Waals surface area contributed by atoms with Gasteiger partial charge in [-0.3, -0.25) is 0 Å². The highest BCUT2D eigenvalue weighted by Gasteiger charge is 2.19. The molecule has 1 aromatic carbocycles. The minimum absolute atomic E-state index is 0.00391. The Morgan fingerprint density at radius 3 is 2.39 bits per heavy atom. The second-order valence-electron chi connectivity index (χ2n) is 5.04. The van der Waals surface area contributed by atoms with Gasteiger partial charge >= 0.3 is 0 Å². The molecule has 1 N–H and O–H groups in total. The summed E-state index contributed by atoms with van der Waals surface area (Å²) >= 11 is 3.04. The third kappa shape index (κ3) is 3.31. The Hall–Kier alpha value is -0.910. The predicted molar refractivity (Wildman–Crippen MR) is 75.1 cm³/mol. The molecule has 0 unspecified atom stereocenters. The van der Waals surface area contributed by atoms with E-state index in [0.29, 0.717) is 0 Å². The average molecular weight is 280 g/mol. The van der Waals surface area contributed by atoms with Crippen LogP contribution in [0.4, 0.5) is 0 Å². The number of aliphatic hydroxyl groups is 1. The molecule has 2 rings (SSSR count). The average Bonchev–Trinajstić information content (AvgIpc) is 2.78. The maximum atomic E-state index is 8.98. The number of hydrogen-bond acceptors (Lipinski definition) is 5. The van der Waals surface area contributed by atoms with E-state index in [4.69, 9.17) is 5.11 Å². The molecule has 0 atom stereocenters. The molecular weight excluding hydrogens is 264 g/mol. The maximum absolute atomic E-state index is 8.98. The van der Waals surface area contributed by atoms with Crippen molar-refractivity contribution in [3.05, 3.63) is 35.7 Å². The second kappa shape index (κ2) is 5.38. The van der Waals surface area contributed by atoms with Crippen LogP contribution in [-0.2, 0) is 12.0 Å². The van der Waals surface area contributed by atoms with Gasteiger partial charge in [-0.15, -0.1) is 0 Å². The van der Waals surface area contributed by atoms with Crippen LogP contribution in [0.5, 0.6) is 0 Å². The van der Waals surface area contributed by atoms with E-state index in [-0.39, 0.29) is 12.0 Å². The molecule has 96 valence electrons. The quantitative estimate of drug-likeness (QED) is 0.935. The van der Waals surface area contributed by atoms with Gasteiger partial charge in [0.2, 0.25) is 0 Å². The van der Waals surface area contributed by atoms with Crippen LogP contribution >= 0.6 is 23.3 Å². The lowest BCUT2D eigenvalue weighted by Gasteiger charge is -2.12. The lowest BCUT2D eigenvalue weighted by Crippen LogP contribution is -2.12. The van der Waals surface area contributed by atoms with Gasteiger partial charge in [-0.25, -0.2) is 4.98 Å². The summed E-state index contributed by atoms with van der Waals surface area (Å²) in [6.45, 7) is 6.41. The van der Waals surface area contributed by atoms with Crippen LogP contribution in [0, 0.1) is 0 Å². The van der Waals surface area contributed by atoms with Crippen molar-refractivity contribution < 1.29 is 5.11 Å². The second-order valence-corrected chi connectivity index (χ2v) is 7.11. The highest BCUT2D eigenvalue weighted by atomic mass is 32.2. The first-order chi connectivity index (χ1) is 8.49. The van der Waals surface area contributed by atoms with Gasteiger partial charge in [-0.05, 0) is 29.2 Å². The zero-order chi connectivity index (χ0) is 13.2. The van der Waals surface area contributed by atoms with E-state index in [9.17, 15) is 0 Å². The van der Waals surface area contributed by atoms with Crippen LogP contribution in [0.25, 0.3) is 0 Å². The van der Waals surface area contributed by atoms with Crippen molar-refractivity contribution in [3.63, 3.8) is 0 Å². The van der Waals surface area contributed by atoms with Crippen molar-refractivity contribution in [2.75, 3.05) is 0 Å². The molecule has 0 spiro atoms. The van der Waals surface area contributed by atoms with Gasteiger partial charge in [-0.1, -0.05) is 44.7 Å². The van der Waals surface area contributed by atoms with Gasteiger partial charge in [0.25, 0.3) is 0 Å². The van der Waals surface area contributed by atoms with E-state index in [1.807, 2.05) is 24.3 Å².